The summed E-state index contributed by atoms with van der Waals surface area (Å²) in [7, 11) is 0. The smallest absolute Gasteiger partial charge is 0.337 e. The predicted molar refractivity (Wildman–Crippen MR) is 91.6 cm³/mol. The molecule has 3 aromatic rings. The molecule has 0 fully saturated rings. The van der Waals surface area contributed by atoms with Gasteiger partial charge in [0.25, 0.3) is 0 Å². The number of thiophene rings is 1. The molecule has 4 heterocycles. The zero-order valence-electron chi connectivity index (χ0n) is 13.2. The SMILES string of the molecule is Cc1nc2c(cc1C(=O)O)OCCc1cc(-c3cccnc3F)sc1-2. The molecule has 1 aliphatic rings. The number of rotatable bonds is 2. The normalized spacial score (nSPS) is 12.7. The summed E-state index contributed by atoms with van der Waals surface area (Å²) in [6.45, 7) is 2.07. The molecule has 126 valence electrons. The number of pyridine rings is 2. The van der Waals surface area contributed by atoms with E-state index in [-0.39, 0.29) is 5.56 Å². The van der Waals surface area contributed by atoms with Crippen molar-refractivity contribution in [3.8, 4) is 26.8 Å². The minimum Gasteiger partial charge on any atom is -0.491 e. The second-order valence-electron chi connectivity index (χ2n) is 5.68. The minimum absolute atomic E-state index is 0.122. The summed E-state index contributed by atoms with van der Waals surface area (Å²) in [6.07, 6.45) is 2.06. The van der Waals surface area contributed by atoms with Crippen LogP contribution in [0, 0.1) is 12.9 Å². The molecule has 3 aromatic heterocycles. The maximum atomic E-state index is 14.0. The van der Waals surface area contributed by atoms with Crippen molar-refractivity contribution in [1.82, 2.24) is 9.97 Å². The number of aromatic nitrogens is 2. The van der Waals surface area contributed by atoms with Crippen molar-refractivity contribution in [3.63, 3.8) is 0 Å². The molecule has 0 radical (unpaired) electrons. The third kappa shape index (κ3) is 2.66. The van der Waals surface area contributed by atoms with Crippen LogP contribution in [0.2, 0.25) is 0 Å². The first kappa shape index (κ1) is 15.7. The maximum absolute atomic E-state index is 14.0. The van der Waals surface area contributed by atoms with E-state index in [0.717, 1.165) is 15.3 Å². The van der Waals surface area contributed by atoms with Crippen LogP contribution in [-0.4, -0.2) is 27.7 Å². The number of carbonyl (C=O) groups is 1. The zero-order valence-corrected chi connectivity index (χ0v) is 14.1. The maximum Gasteiger partial charge on any atom is 0.337 e. The molecule has 0 saturated carbocycles. The molecule has 1 aliphatic heterocycles. The number of halogens is 1. The standard InChI is InChI=1S/C18H13FN2O3S/c1-9-12(18(22)23)8-13-15(21-9)16-10(4-6-24-13)7-14(25-16)11-3-2-5-20-17(11)19/h2-3,5,7-8H,4,6H2,1H3,(H,22,23). The molecular weight excluding hydrogens is 343 g/mol. The predicted octanol–water partition coefficient (Wildman–Crippen LogP) is 3.95. The largest absolute Gasteiger partial charge is 0.491 e. The van der Waals surface area contributed by atoms with Crippen molar-refractivity contribution in [1.29, 1.82) is 0 Å². The highest BCUT2D eigenvalue weighted by molar-refractivity contribution is 7.19. The number of carboxylic acid groups (broad SMARTS) is 1. The van der Waals surface area contributed by atoms with Crippen LogP contribution in [-0.2, 0) is 6.42 Å². The fourth-order valence-electron chi connectivity index (χ4n) is 2.86. The lowest BCUT2D eigenvalue weighted by molar-refractivity contribution is 0.0695. The van der Waals surface area contributed by atoms with E-state index in [9.17, 15) is 14.3 Å². The monoisotopic (exact) mass is 356 g/mol. The van der Waals surface area contributed by atoms with Crippen molar-refractivity contribution in [2.45, 2.75) is 13.3 Å². The zero-order chi connectivity index (χ0) is 17.6. The van der Waals surface area contributed by atoms with Crippen LogP contribution in [0.15, 0.2) is 30.5 Å². The van der Waals surface area contributed by atoms with Gasteiger partial charge in [0.15, 0.2) is 0 Å². The Morgan fingerprint density at radius 3 is 3.00 bits per heavy atom. The van der Waals surface area contributed by atoms with E-state index in [0.29, 0.717) is 35.7 Å². The number of aryl methyl sites for hydroxylation is 1. The van der Waals surface area contributed by atoms with E-state index in [2.05, 4.69) is 9.97 Å². The highest BCUT2D eigenvalue weighted by Crippen LogP contribution is 2.43. The van der Waals surface area contributed by atoms with Crippen LogP contribution < -0.4 is 4.74 Å². The van der Waals surface area contributed by atoms with Crippen molar-refractivity contribution < 1.29 is 19.0 Å². The van der Waals surface area contributed by atoms with Gasteiger partial charge in [-0.1, -0.05) is 0 Å². The second-order valence-corrected chi connectivity index (χ2v) is 6.73. The van der Waals surface area contributed by atoms with Crippen molar-refractivity contribution in [2.75, 3.05) is 6.61 Å². The second kappa shape index (κ2) is 5.93. The highest BCUT2D eigenvalue weighted by atomic mass is 32.1. The number of aromatic carboxylic acids is 1. The van der Waals surface area contributed by atoms with Gasteiger partial charge in [0.05, 0.1) is 22.7 Å². The fraction of sp³-hybridized carbons (Fsp3) is 0.167. The quantitative estimate of drug-likeness (QED) is 0.704. The molecule has 0 amide bonds. The number of nitrogens with zero attached hydrogens (tertiary/aromatic N) is 2. The number of hydrogen-bond donors (Lipinski definition) is 1. The Morgan fingerprint density at radius 2 is 2.24 bits per heavy atom. The first-order valence-corrected chi connectivity index (χ1v) is 8.48. The van der Waals surface area contributed by atoms with Gasteiger partial charge in [-0.3, -0.25) is 0 Å². The minimum atomic E-state index is -1.04. The fourth-order valence-corrected chi connectivity index (χ4v) is 4.08. The third-order valence-corrected chi connectivity index (χ3v) is 5.30. The molecular formula is C18H13FN2O3S. The summed E-state index contributed by atoms with van der Waals surface area (Å²) in [5, 5.41) is 9.27. The Bertz CT molecular complexity index is 1000. The summed E-state index contributed by atoms with van der Waals surface area (Å²) in [6, 6.07) is 6.83. The summed E-state index contributed by atoms with van der Waals surface area (Å²) in [4.78, 5) is 21.1. The van der Waals surface area contributed by atoms with Crippen molar-refractivity contribution in [3.05, 3.63) is 53.2 Å². The van der Waals surface area contributed by atoms with E-state index in [1.165, 1.54) is 23.6 Å². The summed E-state index contributed by atoms with van der Waals surface area (Å²) >= 11 is 1.41. The topological polar surface area (TPSA) is 72.3 Å². The van der Waals surface area contributed by atoms with Crippen LogP contribution in [0.5, 0.6) is 5.75 Å². The average molecular weight is 356 g/mol. The Labute approximate surface area is 146 Å². The molecule has 1 N–H and O–H groups in total. The average Bonchev–Trinajstić information content (AvgIpc) is 2.92. The molecule has 0 aromatic carbocycles. The number of ether oxygens (including phenoxy) is 1. The number of carboxylic acids is 1. The molecule has 0 spiro atoms. The van der Waals surface area contributed by atoms with Crippen LogP contribution in [0.4, 0.5) is 4.39 Å². The van der Waals surface area contributed by atoms with Crippen molar-refractivity contribution >= 4 is 17.3 Å². The molecule has 0 bridgehead atoms. The van der Waals surface area contributed by atoms with Crippen LogP contribution >= 0.6 is 11.3 Å². The molecule has 0 unspecified atom stereocenters. The van der Waals surface area contributed by atoms with Gasteiger partial charge in [0.2, 0.25) is 5.95 Å². The van der Waals surface area contributed by atoms with E-state index in [1.807, 2.05) is 6.07 Å². The number of hydrogen-bond acceptors (Lipinski definition) is 5. The van der Waals surface area contributed by atoms with E-state index in [1.54, 1.807) is 19.1 Å². The van der Waals surface area contributed by atoms with Gasteiger partial charge in [-0.05, 0) is 36.8 Å². The van der Waals surface area contributed by atoms with Gasteiger partial charge < -0.3 is 9.84 Å². The van der Waals surface area contributed by atoms with Gasteiger partial charge >= 0.3 is 5.97 Å². The molecule has 0 saturated heterocycles. The molecule has 4 rings (SSSR count). The molecule has 0 aliphatic carbocycles. The molecule has 5 nitrogen and oxygen atoms in total. The summed E-state index contributed by atoms with van der Waals surface area (Å²) in [5.41, 5.74) is 2.61. The third-order valence-electron chi connectivity index (χ3n) is 4.09. The van der Waals surface area contributed by atoms with Gasteiger partial charge in [-0.2, -0.15) is 4.39 Å². The van der Waals surface area contributed by atoms with E-state index < -0.39 is 11.9 Å². The summed E-state index contributed by atoms with van der Waals surface area (Å²) in [5.74, 6) is -1.10. The van der Waals surface area contributed by atoms with Gasteiger partial charge in [0.1, 0.15) is 11.4 Å². The Balaban J connectivity index is 1.89. The lowest BCUT2D eigenvalue weighted by atomic mass is 10.1. The Kier molecular flexibility index (Phi) is 3.73. The van der Waals surface area contributed by atoms with Gasteiger partial charge in [0, 0.05) is 23.1 Å². The van der Waals surface area contributed by atoms with E-state index >= 15 is 0 Å². The molecule has 0 atom stereocenters. The van der Waals surface area contributed by atoms with Crippen LogP contribution in [0.3, 0.4) is 0 Å². The highest BCUT2D eigenvalue weighted by Gasteiger charge is 2.24. The first-order chi connectivity index (χ1) is 12.0. The van der Waals surface area contributed by atoms with Crippen LogP contribution in [0.25, 0.3) is 21.0 Å². The Hall–Kier alpha value is -2.80. The lowest BCUT2D eigenvalue weighted by Crippen LogP contribution is -2.05. The molecule has 25 heavy (non-hydrogen) atoms. The van der Waals surface area contributed by atoms with E-state index in [4.69, 9.17) is 4.74 Å². The van der Waals surface area contributed by atoms with Gasteiger partial charge in [-0.25, -0.2) is 14.8 Å². The van der Waals surface area contributed by atoms with Crippen molar-refractivity contribution in [2.24, 2.45) is 0 Å². The Morgan fingerprint density at radius 1 is 1.40 bits per heavy atom. The summed E-state index contributed by atoms with van der Waals surface area (Å²) < 4.78 is 19.7. The first-order valence-electron chi connectivity index (χ1n) is 7.66. The lowest BCUT2D eigenvalue weighted by Gasteiger charge is -2.09. The molecule has 7 heteroatoms. The van der Waals surface area contributed by atoms with Crippen LogP contribution in [0.1, 0.15) is 21.6 Å². The van der Waals surface area contributed by atoms with Gasteiger partial charge in [-0.15, -0.1) is 11.3 Å². The number of fused-ring (bicyclic) bond motifs is 3.